The summed E-state index contributed by atoms with van der Waals surface area (Å²) >= 11 is 14.7. The number of nitrogens with one attached hydrogen (secondary N) is 1. The van der Waals surface area contributed by atoms with Gasteiger partial charge in [0, 0.05) is 16.4 Å². The number of carbonyl (C=O) groups is 2. The highest BCUT2D eigenvalue weighted by Gasteiger charge is 2.20. The lowest BCUT2D eigenvalue weighted by atomic mass is 10.2. The molecule has 1 N–H and O–H groups in total. The van der Waals surface area contributed by atoms with Gasteiger partial charge in [0.2, 0.25) is 5.91 Å². The van der Waals surface area contributed by atoms with Crippen LogP contribution in [0, 0.1) is 0 Å². The van der Waals surface area contributed by atoms with Crippen molar-refractivity contribution in [3.05, 3.63) is 63.2 Å². The number of anilines is 1. The molecular formula is C23H24Cl2N4O4S2. The van der Waals surface area contributed by atoms with Crippen LogP contribution in [0.5, 0.6) is 5.75 Å². The summed E-state index contributed by atoms with van der Waals surface area (Å²) < 4.78 is 12.7. The largest absolute Gasteiger partial charge is 0.484 e. The van der Waals surface area contributed by atoms with Crippen LogP contribution in [0.1, 0.15) is 34.9 Å². The Morgan fingerprint density at radius 1 is 1.26 bits per heavy atom. The minimum atomic E-state index is -0.456. The van der Waals surface area contributed by atoms with Crippen molar-refractivity contribution in [2.45, 2.75) is 38.6 Å². The number of nitrogens with zero attached hydrogens (tertiary/aromatic N) is 3. The zero-order valence-corrected chi connectivity index (χ0v) is 22.3. The Kier molecular flexibility index (Phi) is 10.0. The zero-order valence-electron chi connectivity index (χ0n) is 19.2. The van der Waals surface area contributed by atoms with Gasteiger partial charge in [0.15, 0.2) is 11.0 Å². The summed E-state index contributed by atoms with van der Waals surface area (Å²) in [6, 6.07) is 6.71. The molecule has 0 saturated carbocycles. The number of esters is 1. The number of aryl methyl sites for hydroxylation is 1. The second-order valence-electron chi connectivity index (χ2n) is 7.03. The summed E-state index contributed by atoms with van der Waals surface area (Å²) in [4.78, 5) is 25.9. The second-order valence-corrected chi connectivity index (χ2v) is 9.95. The van der Waals surface area contributed by atoms with E-state index >= 15 is 0 Å². The number of hydrogen-bond acceptors (Lipinski definition) is 8. The van der Waals surface area contributed by atoms with Crippen molar-refractivity contribution in [1.29, 1.82) is 0 Å². The molecule has 35 heavy (non-hydrogen) atoms. The van der Waals surface area contributed by atoms with E-state index in [1.807, 2.05) is 6.92 Å². The van der Waals surface area contributed by atoms with E-state index < -0.39 is 5.97 Å². The number of thiophene rings is 1. The maximum absolute atomic E-state index is 12.7. The van der Waals surface area contributed by atoms with Gasteiger partial charge in [-0.1, -0.05) is 48.0 Å². The number of halogens is 2. The fraction of sp³-hybridized carbons (Fsp3) is 0.304. The van der Waals surface area contributed by atoms with E-state index in [1.54, 1.807) is 41.8 Å². The van der Waals surface area contributed by atoms with Gasteiger partial charge >= 0.3 is 5.97 Å². The number of carbonyl (C=O) groups excluding carboxylic acids is 2. The molecule has 12 heteroatoms. The first-order chi connectivity index (χ1) is 16.9. The van der Waals surface area contributed by atoms with Crippen LogP contribution in [0.15, 0.2) is 42.1 Å². The number of aromatic nitrogens is 3. The van der Waals surface area contributed by atoms with E-state index in [-0.39, 0.29) is 24.9 Å². The van der Waals surface area contributed by atoms with E-state index in [2.05, 4.69) is 22.1 Å². The third kappa shape index (κ3) is 7.23. The van der Waals surface area contributed by atoms with Crippen LogP contribution < -0.4 is 10.1 Å². The molecule has 0 aliphatic carbocycles. The number of rotatable bonds is 12. The quantitative estimate of drug-likeness (QED) is 0.169. The summed E-state index contributed by atoms with van der Waals surface area (Å²) in [5.74, 6) is 0.360. The average molecular weight is 556 g/mol. The molecule has 0 fully saturated rings. The maximum atomic E-state index is 12.7. The minimum absolute atomic E-state index is 0.0702. The topological polar surface area (TPSA) is 95.3 Å². The molecule has 0 spiro atoms. The van der Waals surface area contributed by atoms with Crippen LogP contribution in [0.2, 0.25) is 10.0 Å². The molecule has 2 aromatic heterocycles. The number of ether oxygens (including phenoxy) is 2. The molecule has 0 radical (unpaired) electrons. The van der Waals surface area contributed by atoms with Crippen LogP contribution in [0.3, 0.4) is 0 Å². The molecule has 0 aliphatic rings. The van der Waals surface area contributed by atoms with E-state index in [1.165, 1.54) is 23.1 Å². The van der Waals surface area contributed by atoms with Gasteiger partial charge in [-0.3, -0.25) is 9.36 Å². The standard InChI is InChI=1S/C23H24Cl2N4O4S2/c1-4-9-29-19(12-33-18-8-7-14(24)10-17(18)25)27-28-23(29)34-13-20(30)26-21-16(22(31)32-6-3)11-15(5-2)35-21/h4,7-8,10-11H,1,5-6,9,12-13H2,2-3H3,(H,26,30). The summed E-state index contributed by atoms with van der Waals surface area (Å²) in [5, 5.41) is 13.1. The number of benzene rings is 1. The summed E-state index contributed by atoms with van der Waals surface area (Å²) in [6.45, 7) is 8.31. The molecule has 1 aromatic carbocycles. The van der Waals surface area contributed by atoms with Gasteiger partial charge in [0.1, 0.15) is 17.4 Å². The van der Waals surface area contributed by atoms with Gasteiger partial charge in [-0.25, -0.2) is 4.79 Å². The Bertz CT molecular complexity index is 1210. The third-order valence-corrected chi connectivity index (χ3v) is 7.26. The summed E-state index contributed by atoms with van der Waals surface area (Å²) in [7, 11) is 0. The molecule has 1 amide bonds. The zero-order chi connectivity index (χ0) is 25.4. The van der Waals surface area contributed by atoms with Crippen molar-refractivity contribution in [1.82, 2.24) is 14.8 Å². The van der Waals surface area contributed by atoms with Gasteiger partial charge in [-0.05, 0) is 37.6 Å². The van der Waals surface area contributed by atoms with Crippen LogP contribution in [0.25, 0.3) is 0 Å². The van der Waals surface area contributed by atoms with Crippen molar-refractivity contribution < 1.29 is 19.1 Å². The van der Waals surface area contributed by atoms with Crippen molar-refractivity contribution in [2.75, 3.05) is 17.7 Å². The molecule has 3 rings (SSSR count). The highest BCUT2D eigenvalue weighted by molar-refractivity contribution is 7.99. The molecule has 0 bridgehead atoms. The third-order valence-electron chi connectivity index (χ3n) is 4.57. The Hall–Kier alpha value is -2.53. The van der Waals surface area contributed by atoms with Gasteiger partial charge in [0.05, 0.1) is 22.9 Å². The molecule has 3 aromatic rings. The smallest absolute Gasteiger partial charge is 0.341 e. The minimum Gasteiger partial charge on any atom is -0.484 e. The van der Waals surface area contributed by atoms with Gasteiger partial charge < -0.3 is 14.8 Å². The molecule has 186 valence electrons. The van der Waals surface area contributed by atoms with Gasteiger partial charge in [0.25, 0.3) is 0 Å². The SMILES string of the molecule is C=CCn1c(COc2ccc(Cl)cc2Cl)nnc1SCC(=O)Nc1sc(CC)cc1C(=O)OCC. The number of allylic oxidation sites excluding steroid dienone is 1. The summed E-state index contributed by atoms with van der Waals surface area (Å²) in [5.41, 5.74) is 0.363. The van der Waals surface area contributed by atoms with Crippen molar-refractivity contribution in [3.63, 3.8) is 0 Å². The molecule has 0 unspecified atom stereocenters. The maximum Gasteiger partial charge on any atom is 0.341 e. The lowest BCUT2D eigenvalue weighted by Gasteiger charge is -2.10. The predicted octanol–water partition coefficient (Wildman–Crippen LogP) is 5.88. The molecular weight excluding hydrogens is 531 g/mol. The fourth-order valence-corrected chi connectivity index (χ4v) is 5.17. The van der Waals surface area contributed by atoms with Crippen LogP contribution in [-0.4, -0.2) is 39.0 Å². The van der Waals surface area contributed by atoms with E-state index in [0.29, 0.717) is 43.9 Å². The average Bonchev–Trinajstić information content (AvgIpc) is 3.41. The monoisotopic (exact) mass is 554 g/mol. The lowest BCUT2D eigenvalue weighted by molar-refractivity contribution is -0.113. The van der Waals surface area contributed by atoms with Crippen molar-refractivity contribution >= 4 is 63.2 Å². The van der Waals surface area contributed by atoms with E-state index in [4.69, 9.17) is 32.7 Å². The van der Waals surface area contributed by atoms with Crippen LogP contribution >= 0.6 is 46.3 Å². The predicted molar refractivity (Wildman–Crippen MR) is 140 cm³/mol. The Balaban J connectivity index is 1.66. The normalized spacial score (nSPS) is 10.7. The van der Waals surface area contributed by atoms with E-state index in [0.717, 1.165) is 11.3 Å². The molecule has 0 atom stereocenters. The van der Waals surface area contributed by atoms with Crippen LogP contribution in [-0.2, 0) is 29.1 Å². The van der Waals surface area contributed by atoms with Crippen LogP contribution in [0.4, 0.5) is 5.00 Å². The summed E-state index contributed by atoms with van der Waals surface area (Å²) in [6.07, 6.45) is 2.45. The number of hydrogen-bond donors (Lipinski definition) is 1. The lowest BCUT2D eigenvalue weighted by Crippen LogP contribution is -2.16. The molecule has 0 saturated heterocycles. The Morgan fingerprint density at radius 3 is 2.74 bits per heavy atom. The second kappa shape index (κ2) is 13.0. The first kappa shape index (κ1) is 27.1. The first-order valence-electron chi connectivity index (χ1n) is 10.7. The van der Waals surface area contributed by atoms with E-state index in [9.17, 15) is 9.59 Å². The van der Waals surface area contributed by atoms with Crippen molar-refractivity contribution in [3.8, 4) is 5.75 Å². The highest BCUT2D eigenvalue weighted by atomic mass is 35.5. The number of amides is 1. The van der Waals surface area contributed by atoms with Gasteiger partial charge in [-0.15, -0.1) is 28.1 Å². The first-order valence-corrected chi connectivity index (χ1v) is 13.2. The molecule has 2 heterocycles. The van der Waals surface area contributed by atoms with Crippen molar-refractivity contribution in [2.24, 2.45) is 0 Å². The highest BCUT2D eigenvalue weighted by Crippen LogP contribution is 2.30. The van der Waals surface area contributed by atoms with Gasteiger partial charge in [-0.2, -0.15) is 0 Å². The fourth-order valence-electron chi connectivity index (χ4n) is 2.94. The number of thioether (sulfide) groups is 1. The Morgan fingerprint density at radius 2 is 2.06 bits per heavy atom. The Labute approximate surface area is 221 Å². The molecule has 0 aliphatic heterocycles. The molecule has 8 nitrogen and oxygen atoms in total.